The van der Waals surface area contributed by atoms with Gasteiger partial charge in [-0.2, -0.15) is 5.10 Å². The molecule has 6 nitrogen and oxygen atoms in total. The maximum Gasteiger partial charge on any atom is 0.216 e. The highest BCUT2D eigenvalue weighted by Crippen LogP contribution is 2.13. The summed E-state index contributed by atoms with van der Waals surface area (Å²) < 4.78 is 26.2. The summed E-state index contributed by atoms with van der Waals surface area (Å²) in [5.41, 5.74) is 7.56. The Kier molecular flexibility index (Phi) is 3.63. The molecular formula is C11H14N4O2S. The van der Waals surface area contributed by atoms with E-state index in [0.717, 1.165) is 5.56 Å². The van der Waals surface area contributed by atoms with Crippen LogP contribution in [0.4, 0.5) is 5.69 Å². The molecule has 0 saturated carbocycles. The molecular weight excluding hydrogens is 252 g/mol. The van der Waals surface area contributed by atoms with Gasteiger partial charge in [0.05, 0.1) is 11.9 Å². The van der Waals surface area contributed by atoms with Crippen LogP contribution in [0.1, 0.15) is 11.1 Å². The maximum atomic E-state index is 11.9. The van der Waals surface area contributed by atoms with Crippen LogP contribution in [0.25, 0.3) is 0 Å². The summed E-state index contributed by atoms with van der Waals surface area (Å²) in [5.74, 6) is -0.127. The Morgan fingerprint density at radius 3 is 2.78 bits per heavy atom. The molecule has 0 aliphatic rings. The normalized spacial score (nSPS) is 11.6. The van der Waals surface area contributed by atoms with Gasteiger partial charge in [0.15, 0.2) is 0 Å². The molecule has 0 aliphatic carbocycles. The van der Waals surface area contributed by atoms with E-state index in [2.05, 4.69) is 14.9 Å². The third-order valence-corrected chi connectivity index (χ3v) is 3.73. The monoisotopic (exact) mass is 266 g/mol. The lowest BCUT2D eigenvalue weighted by Gasteiger charge is -2.07. The van der Waals surface area contributed by atoms with E-state index in [1.54, 1.807) is 36.7 Å². The fourth-order valence-electron chi connectivity index (χ4n) is 1.49. The van der Waals surface area contributed by atoms with E-state index in [-0.39, 0.29) is 12.3 Å². The number of rotatable bonds is 5. The topological polar surface area (TPSA) is 101 Å². The van der Waals surface area contributed by atoms with E-state index in [4.69, 9.17) is 5.73 Å². The minimum absolute atomic E-state index is 0.127. The first-order valence-corrected chi connectivity index (χ1v) is 7.00. The predicted molar refractivity (Wildman–Crippen MR) is 68.9 cm³/mol. The van der Waals surface area contributed by atoms with Crippen LogP contribution in [-0.4, -0.2) is 18.6 Å². The molecule has 1 heterocycles. The lowest BCUT2D eigenvalue weighted by atomic mass is 10.2. The number of aromatic nitrogens is 2. The first-order chi connectivity index (χ1) is 8.57. The smallest absolute Gasteiger partial charge is 0.216 e. The molecule has 1 aromatic heterocycles. The Hall–Kier alpha value is -1.86. The van der Waals surface area contributed by atoms with Gasteiger partial charge in [0, 0.05) is 24.0 Å². The second kappa shape index (κ2) is 5.19. The Balaban J connectivity index is 2.02. The number of hydrogen-bond donors (Lipinski definition) is 3. The number of nitrogens with one attached hydrogen (secondary N) is 2. The van der Waals surface area contributed by atoms with Crippen molar-refractivity contribution in [3.63, 3.8) is 0 Å². The third-order valence-electron chi connectivity index (χ3n) is 2.45. The number of nitrogens with two attached hydrogens (primary N) is 1. The lowest BCUT2D eigenvalue weighted by molar-refractivity contribution is 0.580. The van der Waals surface area contributed by atoms with Crippen molar-refractivity contribution in [3.05, 3.63) is 47.8 Å². The highest BCUT2D eigenvalue weighted by Gasteiger charge is 2.13. The Labute approximate surface area is 105 Å². The molecule has 0 bridgehead atoms. The molecule has 2 aromatic rings. The summed E-state index contributed by atoms with van der Waals surface area (Å²) in [5, 5.41) is 6.36. The highest BCUT2D eigenvalue weighted by molar-refractivity contribution is 7.88. The van der Waals surface area contributed by atoms with Crippen LogP contribution in [0.3, 0.4) is 0 Å². The van der Waals surface area contributed by atoms with Crippen molar-refractivity contribution in [1.29, 1.82) is 0 Å². The van der Waals surface area contributed by atoms with E-state index in [0.29, 0.717) is 11.3 Å². The molecule has 96 valence electrons. The van der Waals surface area contributed by atoms with Gasteiger partial charge in [0.25, 0.3) is 0 Å². The molecule has 18 heavy (non-hydrogen) atoms. The molecule has 4 N–H and O–H groups in total. The number of nitrogen functional groups attached to an aromatic ring is 1. The summed E-state index contributed by atoms with van der Waals surface area (Å²) in [6.07, 6.45) is 3.21. The first-order valence-electron chi connectivity index (χ1n) is 5.35. The van der Waals surface area contributed by atoms with Crippen molar-refractivity contribution in [2.24, 2.45) is 0 Å². The van der Waals surface area contributed by atoms with Crippen molar-refractivity contribution in [2.45, 2.75) is 12.3 Å². The zero-order valence-corrected chi connectivity index (χ0v) is 10.4. The van der Waals surface area contributed by atoms with Gasteiger partial charge in [-0.15, -0.1) is 0 Å². The fraction of sp³-hybridized carbons (Fsp3) is 0.182. The van der Waals surface area contributed by atoms with Crippen LogP contribution in [0.15, 0.2) is 36.7 Å². The molecule has 0 radical (unpaired) electrons. The highest BCUT2D eigenvalue weighted by atomic mass is 32.2. The van der Waals surface area contributed by atoms with E-state index in [1.165, 1.54) is 0 Å². The summed E-state index contributed by atoms with van der Waals surface area (Å²) in [4.78, 5) is 0. The minimum atomic E-state index is -3.40. The van der Waals surface area contributed by atoms with Gasteiger partial charge < -0.3 is 5.73 Å². The zero-order valence-electron chi connectivity index (χ0n) is 9.63. The fourth-order valence-corrected chi connectivity index (χ4v) is 2.65. The summed E-state index contributed by atoms with van der Waals surface area (Å²) in [7, 11) is -3.40. The van der Waals surface area contributed by atoms with Crippen LogP contribution in [0.2, 0.25) is 0 Å². The van der Waals surface area contributed by atoms with E-state index >= 15 is 0 Å². The lowest BCUT2D eigenvalue weighted by Crippen LogP contribution is -2.24. The van der Waals surface area contributed by atoms with Crippen molar-refractivity contribution < 1.29 is 8.42 Å². The average Bonchev–Trinajstić information content (AvgIpc) is 2.83. The van der Waals surface area contributed by atoms with Gasteiger partial charge in [-0.25, -0.2) is 13.1 Å². The van der Waals surface area contributed by atoms with E-state index in [1.807, 2.05) is 0 Å². The largest absolute Gasteiger partial charge is 0.398 e. The molecule has 0 spiro atoms. The summed E-state index contributed by atoms with van der Waals surface area (Å²) in [6, 6.07) is 6.91. The third kappa shape index (κ3) is 3.31. The van der Waals surface area contributed by atoms with Crippen molar-refractivity contribution >= 4 is 15.7 Å². The first kappa shape index (κ1) is 12.6. The standard InChI is InChI=1S/C11H14N4O2S/c12-11-4-2-1-3-10(11)8-18(16,17)15-7-9-5-13-14-6-9/h1-6,15H,7-8,12H2,(H,13,14). The number of para-hydroxylation sites is 1. The maximum absolute atomic E-state index is 11.9. The number of sulfonamides is 1. The molecule has 0 aliphatic heterocycles. The second-order valence-corrected chi connectivity index (χ2v) is 5.69. The van der Waals surface area contributed by atoms with Crippen molar-refractivity contribution in [1.82, 2.24) is 14.9 Å². The number of aromatic amines is 1. The van der Waals surface area contributed by atoms with E-state index < -0.39 is 10.0 Å². The van der Waals surface area contributed by atoms with E-state index in [9.17, 15) is 8.42 Å². The van der Waals surface area contributed by atoms with Gasteiger partial charge >= 0.3 is 0 Å². The number of hydrogen-bond acceptors (Lipinski definition) is 4. The van der Waals surface area contributed by atoms with Gasteiger partial charge in [-0.05, 0) is 11.6 Å². The van der Waals surface area contributed by atoms with Crippen LogP contribution >= 0.6 is 0 Å². The van der Waals surface area contributed by atoms with Crippen molar-refractivity contribution in [3.8, 4) is 0 Å². The zero-order chi connectivity index (χ0) is 13.0. The van der Waals surface area contributed by atoms with Gasteiger partial charge in [-0.3, -0.25) is 5.10 Å². The molecule has 0 atom stereocenters. The van der Waals surface area contributed by atoms with Crippen LogP contribution in [0.5, 0.6) is 0 Å². The quantitative estimate of drug-likeness (QED) is 0.690. The predicted octanol–water partition coefficient (Wildman–Crippen LogP) is 0.611. The molecule has 0 saturated heterocycles. The van der Waals surface area contributed by atoms with Gasteiger partial charge in [0.1, 0.15) is 0 Å². The van der Waals surface area contributed by atoms with Gasteiger partial charge in [-0.1, -0.05) is 18.2 Å². The number of H-pyrrole nitrogens is 1. The molecule has 2 rings (SSSR count). The molecule has 1 aromatic carbocycles. The van der Waals surface area contributed by atoms with Crippen LogP contribution in [0, 0.1) is 0 Å². The second-order valence-electron chi connectivity index (χ2n) is 3.89. The Morgan fingerprint density at radius 2 is 2.11 bits per heavy atom. The summed E-state index contributed by atoms with van der Waals surface area (Å²) >= 11 is 0. The van der Waals surface area contributed by atoms with Crippen molar-refractivity contribution in [2.75, 3.05) is 5.73 Å². The Bertz CT molecular complexity index is 608. The average molecular weight is 266 g/mol. The number of anilines is 1. The van der Waals surface area contributed by atoms with Gasteiger partial charge in [0.2, 0.25) is 10.0 Å². The molecule has 0 amide bonds. The minimum Gasteiger partial charge on any atom is -0.398 e. The number of nitrogens with zero attached hydrogens (tertiary/aromatic N) is 1. The van der Waals surface area contributed by atoms with Crippen LogP contribution < -0.4 is 10.5 Å². The van der Waals surface area contributed by atoms with Crippen LogP contribution in [-0.2, 0) is 22.3 Å². The molecule has 0 unspecified atom stereocenters. The molecule has 0 fully saturated rings. The SMILES string of the molecule is Nc1ccccc1CS(=O)(=O)NCc1cn[nH]c1. The summed E-state index contributed by atoms with van der Waals surface area (Å²) in [6.45, 7) is 0.214. The number of benzene rings is 1. The molecule has 7 heteroatoms. The Morgan fingerprint density at radius 1 is 1.33 bits per heavy atom.